The van der Waals surface area contributed by atoms with Crippen LogP contribution in [0.4, 0.5) is 4.39 Å². The normalized spacial score (nSPS) is 46.2. The first-order valence-electron chi connectivity index (χ1n) is 11.2. The van der Waals surface area contributed by atoms with Gasteiger partial charge in [-0.15, -0.1) is 34.8 Å². The van der Waals surface area contributed by atoms with E-state index in [9.17, 15) is 18.8 Å². The first-order valence-corrected chi connectivity index (χ1v) is 12.5. The van der Waals surface area contributed by atoms with E-state index in [-0.39, 0.29) is 24.5 Å². The van der Waals surface area contributed by atoms with Crippen molar-refractivity contribution in [3.8, 4) is 0 Å². The van der Waals surface area contributed by atoms with Crippen LogP contribution in [0.25, 0.3) is 0 Å². The van der Waals surface area contributed by atoms with Crippen molar-refractivity contribution in [3.05, 3.63) is 36.0 Å². The summed E-state index contributed by atoms with van der Waals surface area (Å²) in [6.45, 7) is 8.19. The molecule has 8 atom stereocenters. The van der Waals surface area contributed by atoms with Gasteiger partial charge in [0.2, 0.25) is 5.78 Å². The number of ketones is 2. The third-order valence-corrected chi connectivity index (χ3v) is 10.7. The number of hydrogen-bond acceptors (Lipinski definition) is 4. The maximum Gasteiger partial charge on any atom is 0.306 e. The van der Waals surface area contributed by atoms with Gasteiger partial charge in [0.25, 0.3) is 0 Å². The Kier molecular flexibility index (Phi) is 5.99. The number of halogens is 4. The number of fused-ring (bicyclic) bond motifs is 5. The molecule has 0 aromatic rings. The van der Waals surface area contributed by atoms with Crippen LogP contribution in [0.5, 0.6) is 0 Å². The molecule has 4 aliphatic rings. The lowest BCUT2D eigenvalue weighted by Crippen LogP contribution is -2.70. The van der Waals surface area contributed by atoms with Gasteiger partial charge >= 0.3 is 5.97 Å². The van der Waals surface area contributed by atoms with Gasteiger partial charge in [0.15, 0.2) is 18.1 Å². The average molecular weight is 518 g/mol. The maximum absolute atomic E-state index is 13.9. The lowest BCUT2D eigenvalue weighted by Gasteiger charge is -2.64. The van der Waals surface area contributed by atoms with Crippen molar-refractivity contribution in [3.63, 3.8) is 0 Å². The van der Waals surface area contributed by atoms with Crippen LogP contribution in [0.15, 0.2) is 36.0 Å². The molecule has 0 amide bonds. The van der Waals surface area contributed by atoms with Crippen molar-refractivity contribution in [2.24, 2.45) is 22.7 Å². The molecule has 4 aliphatic carbocycles. The van der Waals surface area contributed by atoms with Crippen molar-refractivity contribution >= 4 is 52.3 Å². The molecular formula is C25H28Cl3FO4. The molecule has 0 bridgehead atoms. The number of esters is 1. The smallest absolute Gasteiger partial charge is 0.306 e. The summed E-state index contributed by atoms with van der Waals surface area (Å²) in [7, 11) is 0. The van der Waals surface area contributed by atoms with Gasteiger partial charge in [0.1, 0.15) is 0 Å². The highest BCUT2D eigenvalue weighted by molar-refractivity contribution is 6.35. The molecule has 0 saturated heterocycles. The van der Waals surface area contributed by atoms with Crippen molar-refractivity contribution in [1.82, 2.24) is 0 Å². The number of hydrogen-bond donors (Lipinski definition) is 0. The van der Waals surface area contributed by atoms with Crippen molar-refractivity contribution in [2.45, 2.75) is 67.7 Å². The molecule has 0 N–H and O–H groups in total. The predicted octanol–water partition coefficient (Wildman–Crippen LogP) is 5.49. The van der Waals surface area contributed by atoms with E-state index in [4.69, 9.17) is 39.5 Å². The van der Waals surface area contributed by atoms with Crippen LogP contribution < -0.4 is 0 Å². The van der Waals surface area contributed by atoms with Crippen LogP contribution >= 0.6 is 34.8 Å². The third kappa shape index (κ3) is 2.97. The molecule has 3 saturated carbocycles. The Labute approximate surface area is 208 Å². The van der Waals surface area contributed by atoms with Crippen LogP contribution in [0, 0.1) is 22.7 Å². The van der Waals surface area contributed by atoms with Crippen LogP contribution in [0.1, 0.15) is 46.5 Å². The van der Waals surface area contributed by atoms with Crippen LogP contribution in [0.2, 0.25) is 0 Å². The Balaban J connectivity index is 1.90. The van der Waals surface area contributed by atoms with Gasteiger partial charge in [-0.2, -0.15) is 0 Å². The van der Waals surface area contributed by atoms with E-state index in [0.717, 1.165) is 5.57 Å². The van der Waals surface area contributed by atoms with Gasteiger partial charge in [-0.25, -0.2) is 4.39 Å². The molecule has 0 radical (unpaired) electrons. The second-order valence-corrected chi connectivity index (χ2v) is 11.9. The molecule has 4 rings (SSSR count). The summed E-state index contributed by atoms with van der Waals surface area (Å²) >= 11 is 21.5. The van der Waals surface area contributed by atoms with Crippen molar-refractivity contribution < 1.29 is 23.5 Å². The van der Waals surface area contributed by atoms with Gasteiger partial charge in [-0.1, -0.05) is 39.0 Å². The molecular weight excluding hydrogens is 490 g/mol. The fourth-order valence-corrected chi connectivity index (χ4v) is 9.00. The number of carbonyl (C=O) groups is 3. The van der Waals surface area contributed by atoms with E-state index in [0.29, 0.717) is 18.4 Å². The molecule has 3 fully saturated rings. The summed E-state index contributed by atoms with van der Waals surface area (Å²) in [4.78, 5) is 36.6. The molecule has 0 aromatic carbocycles. The fraction of sp³-hybridized carbons (Fsp3) is 0.640. The predicted molar refractivity (Wildman–Crippen MR) is 126 cm³/mol. The molecule has 0 heterocycles. The summed E-state index contributed by atoms with van der Waals surface area (Å²) in [6, 6.07) is 0. The van der Waals surface area contributed by atoms with Gasteiger partial charge in [-0.3, -0.25) is 14.4 Å². The zero-order chi connectivity index (χ0) is 24.6. The summed E-state index contributed by atoms with van der Waals surface area (Å²) < 4.78 is 19.7. The maximum atomic E-state index is 13.9. The van der Waals surface area contributed by atoms with Gasteiger partial charge < -0.3 is 4.74 Å². The Morgan fingerprint density at radius 3 is 2.55 bits per heavy atom. The zero-order valence-electron chi connectivity index (χ0n) is 18.9. The molecule has 180 valence electrons. The average Bonchev–Trinajstić information content (AvgIpc) is 2.96. The van der Waals surface area contributed by atoms with E-state index >= 15 is 0 Å². The van der Waals surface area contributed by atoms with E-state index < -0.39 is 56.4 Å². The summed E-state index contributed by atoms with van der Waals surface area (Å²) in [6.07, 6.45) is 5.86. The van der Waals surface area contributed by atoms with Crippen LogP contribution in [-0.4, -0.2) is 45.4 Å². The first kappa shape index (κ1) is 24.9. The van der Waals surface area contributed by atoms with E-state index in [1.54, 1.807) is 13.0 Å². The van der Waals surface area contributed by atoms with E-state index in [1.807, 2.05) is 19.9 Å². The monoisotopic (exact) mass is 516 g/mol. The molecule has 4 nitrogen and oxygen atoms in total. The Morgan fingerprint density at radius 1 is 1.27 bits per heavy atom. The summed E-state index contributed by atoms with van der Waals surface area (Å²) in [5.74, 6) is -2.30. The summed E-state index contributed by atoms with van der Waals surface area (Å²) in [5, 5.41) is -1.20. The minimum Gasteiger partial charge on any atom is -0.446 e. The standard InChI is InChI=1S/C25H28Cl3FO4/c1-5-20(32)33-25(19(31)12-29)13(2)8-16-21-17(26)10-14-9-15(30)6-7-22(14,3)24(21,28)18(27)11-23(16,25)4/h6-7,9,16-18,21H,2,5,8,10-12H2,1,3-4H3/t16-,17?,18?,21+,22-,23-,24+,25-/m0/s1. The molecule has 33 heavy (non-hydrogen) atoms. The van der Waals surface area contributed by atoms with Gasteiger partial charge in [0, 0.05) is 28.5 Å². The molecule has 0 aliphatic heterocycles. The van der Waals surface area contributed by atoms with Gasteiger partial charge in [-0.05, 0) is 42.9 Å². The first-order chi connectivity index (χ1) is 15.3. The third-order valence-electron chi connectivity index (χ3n) is 8.80. The van der Waals surface area contributed by atoms with Gasteiger partial charge in [0.05, 0.1) is 10.3 Å². The quantitative estimate of drug-likeness (QED) is 0.281. The largest absolute Gasteiger partial charge is 0.446 e. The number of rotatable bonds is 4. The second-order valence-electron chi connectivity index (χ2n) is 10.2. The molecule has 8 heteroatoms. The topological polar surface area (TPSA) is 60.4 Å². The van der Waals surface area contributed by atoms with Crippen molar-refractivity contribution in [2.75, 3.05) is 6.67 Å². The number of alkyl halides is 4. The second kappa shape index (κ2) is 7.93. The molecule has 0 aromatic heterocycles. The lowest BCUT2D eigenvalue weighted by molar-refractivity contribution is -0.182. The fourth-order valence-electron chi connectivity index (χ4n) is 7.13. The Morgan fingerprint density at radius 2 is 1.94 bits per heavy atom. The number of carbonyl (C=O) groups excluding carboxylic acids is 3. The highest BCUT2D eigenvalue weighted by atomic mass is 35.5. The SMILES string of the molecule is C=C1C[C@H]2[C@@H]3C(Cl)CC4=CC(=O)C=C[C@]4(C)[C@@]3(Cl)C(Cl)C[C@]2(C)[C@@]1(OC(=O)CC)C(=O)CF. The van der Waals surface area contributed by atoms with Crippen LogP contribution in [0.3, 0.4) is 0 Å². The van der Waals surface area contributed by atoms with E-state index in [2.05, 4.69) is 6.58 Å². The number of ether oxygens (including phenoxy) is 1. The summed E-state index contributed by atoms with van der Waals surface area (Å²) in [5.41, 5.74) is -2.41. The minimum atomic E-state index is -1.82. The lowest BCUT2D eigenvalue weighted by atomic mass is 9.46. The highest BCUT2D eigenvalue weighted by Gasteiger charge is 2.76. The minimum absolute atomic E-state index is 0.0334. The van der Waals surface area contributed by atoms with Crippen LogP contribution in [-0.2, 0) is 19.1 Å². The highest BCUT2D eigenvalue weighted by Crippen LogP contribution is 2.73. The molecule has 2 unspecified atom stereocenters. The van der Waals surface area contributed by atoms with Crippen molar-refractivity contribution in [1.29, 1.82) is 0 Å². The Bertz CT molecular complexity index is 1010. The number of allylic oxidation sites excluding steroid dienone is 4. The molecule has 0 spiro atoms. The Hall–Kier alpha value is -1.17. The zero-order valence-corrected chi connectivity index (χ0v) is 21.2. The van der Waals surface area contributed by atoms with E-state index in [1.165, 1.54) is 6.08 Å². The number of Topliss-reactive ketones (excluding diaryl/α,β-unsaturated/α-hetero) is 1.